The van der Waals surface area contributed by atoms with E-state index in [1.807, 2.05) is 6.07 Å². The number of esters is 2. The predicted molar refractivity (Wildman–Crippen MR) is 281 cm³/mol. The van der Waals surface area contributed by atoms with Gasteiger partial charge in [0.05, 0.1) is 54.9 Å². The largest absolute Gasteiger partial charge is 0.469 e. The summed E-state index contributed by atoms with van der Waals surface area (Å²) in [5, 5.41) is 40.9. The zero-order valence-electron chi connectivity index (χ0n) is 45.2. The topological polar surface area (TPSA) is 181 Å². The van der Waals surface area contributed by atoms with Crippen LogP contribution in [0.25, 0.3) is 0 Å². The van der Waals surface area contributed by atoms with E-state index in [1.165, 1.54) is 5.56 Å². The molecule has 9 bridgehead atoms. The third-order valence-electron chi connectivity index (χ3n) is 26.4. The molecule has 1 aromatic heterocycles. The molecule has 0 radical (unpaired) electrons. The van der Waals surface area contributed by atoms with Gasteiger partial charge in [-0.15, -0.1) is 0 Å². The van der Waals surface area contributed by atoms with Crippen LogP contribution in [0.15, 0.2) is 71.0 Å². The van der Waals surface area contributed by atoms with Gasteiger partial charge in [-0.25, -0.2) is 4.79 Å². The number of furan rings is 1. The molecule has 412 valence electrons. The van der Waals surface area contributed by atoms with E-state index in [-0.39, 0.29) is 66.2 Å². The van der Waals surface area contributed by atoms with Crippen LogP contribution in [-0.2, 0) is 51.8 Å². The quantitative estimate of drug-likeness (QED) is 0.0924. The standard InChI is InChI=1S/C65H76N2O11/c1-58-21-16-42-27-41-11-7-19-60(41)30-40-29-59(2)62(45-18-23-74-49(45)28-44(48(69)32-68)38-14-15-43-39(26-38)17-22-67-34-66-31-47(43)67)20-6-10-37-13-12-36(24-35-8-4-3-5-9-35)25-46(37)63(65(59)55(76-65)57(73)77-62)51(40)61(52(58)50(70)54(63)71)33-75-56(72)53(60)64(42,61)78-58/h3-5,8-9,16-18,22-23,36-41,43-44,46-48,51-55,66,68-69,71H,7,11-15,19-21,24-34H2,1-2H3. The second kappa shape index (κ2) is 15.8. The number of aliphatic hydroxyl groups excluding tert-OH is 3. The minimum atomic E-state index is -1.55. The molecule has 8 heterocycles. The zero-order valence-corrected chi connectivity index (χ0v) is 45.2. The van der Waals surface area contributed by atoms with Gasteiger partial charge in [0.2, 0.25) is 0 Å². The third kappa shape index (κ3) is 5.36. The number of carbonyl (C=O) groups is 3. The molecule has 1 aromatic carbocycles. The molecule has 7 saturated carbocycles. The van der Waals surface area contributed by atoms with E-state index >= 15 is 14.4 Å². The number of carbonyl (C=O) groups excluding carboxylic acids is 3. The maximum atomic E-state index is 16.8. The van der Waals surface area contributed by atoms with Gasteiger partial charge in [-0.05, 0) is 172 Å². The number of benzene rings is 1. The van der Waals surface area contributed by atoms with Crippen LogP contribution in [0.4, 0.5) is 0 Å². The number of fused-ring (bicyclic) bond motifs is 6. The Morgan fingerprint density at radius 2 is 1.86 bits per heavy atom. The first-order valence-corrected chi connectivity index (χ1v) is 30.5. The first-order chi connectivity index (χ1) is 37.7. The number of allylic oxidation sites excluding steroid dienone is 1. The van der Waals surface area contributed by atoms with Gasteiger partial charge in [0.1, 0.15) is 29.7 Å². The predicted octanol–water partition coefficient (Wildman–Crippen LogP) is 6.95. The van der Waals surface area contributed by atoms with Crippen molar-refractivity contribution < 1.29 is 53.1 Å². The Hall–Kier alpha value is -4.29. The van der Waals surface area contributed by atoms with Gasteiger partial charge in [-0.2, -0.15) is 0 Å². The Kier molecular flexibility index (Phi) is 9.82. The average Bonchev–Trinajstić information content (AvgIpc) is 1.79. The van der Waals surface area contributed by atoms with E-state index in [4.69, 9.17) is 23.4 Å². The van der Waals surface area contributed by atoms with Crippen molar-refractivity contribution in [2.75, 3.05) is 26.4 Å². The van der Waals surface area contributed by atoms with E-state index in [9.17, 15) is 15.3 Å². The molecule has 78 heavy (non-hydrogen) atoms. The van der Waals surface area contributed by atoms with Gasteiger partial charge in [0, 0.05) is 41.3 Å². The number of ketones is 1. The van der Waals surface area contributed by atoms with Crippen LogP contribution in [0.2, 0.25) is 0 Å². The molecule has 5 saturated heterocycles. The summed E-state index contributed by atoms with van der Waals surface area (Å²) in [5.41, 5.74) is -5.97. The molecule has 5 spiro atoms. The second-order valence-electron chi connectivity index (χ2n) is 28.7. The third-order valence-corrected chi connectivity index (χ3v) is 26.4. The summed E-state index contributed by atoms with van der Waals surface area (Å²) in [6.45, 7) is 5.78. The Morgan fingerprint density at radius 1 is 0.987 bits per heavy atom. The van der Waals surface area contributed by atoms with Crippen molar-refractivity contribution in [2.45, 2.75) is 163 Å². The van der Waals surface area contributed by atoms with Crippen molar-refractivity contribution in [3.63, 3.8) is 0 Å². The highest BCUT2D eigenvalue weighted by Gasteiger charge is 2.99. The Labute approximate surface area is 457 Å². The smallest absolute Gasteiger partial charge is 0.339 e. The first kappa shape index (κ1) is 48.4. The molecular formula is C65H76N2O11. The number of rotatable bonds is 8. The van der Waals surface area contributed by atoms with Crippen molar-refractivity contribution in [2.24, 2.45) is 92.7 Å². The van der Waals surface area contributed by atoms with Crippen LogP contribution < -0.4 is 5.32 Å². The maximum absolute atomic E-state index is 16.8. The summed E-state index contributed by atoms with van der Waals surface area (Å²) in [7, 11) is 0. The highest BCUT2D eigenvalue weighted by atomic mass is 16.7. The van der Waals surface area contributed by atoms with Gasteiger partial charge in [0.25, 0.3) is 0 Å². The average molecular weight is 1060 g/mol. The molecule has 0 amide bonds. The molecule has 12 fully saturated rings. The summed E-state index contributed by atoms with van der Waals surface area (Å²) in [6, 6.07) is 13.1. The van der Waals surface area contributed by atoms with E-state index in [2.05, 4.69) is 84.6 Å². The molecule has 13 heteroatoms. The van der Waals surface area contributed by atoms with Crippen molar-refractivity contribution >= 4 is 17.7 Å². The van der Waals surface area contributed by atoms with Gasteiger partial charge in [-0.1, -0.05) is 67.7 Å². The molecule has 8 aliphatic carbocycles. The molecule has 13 nitrogen and oxygen atoms in total. The van der Waals surface area contributed by atoms with Gasteiger partial charge in [0.15, 0.2) is 17.5 Å². The second-order valence-corrected chi connectivity index (χ2v) is 28.7. The fraction of sp³-hybridized carbons (Fsp3) is 0.708. The Morgan fingerprint density at radius 3 is 2.72 bits per heavy atom. The minimum absolute atomic E-state index is 0.0143. The van der Waals surface area contributed by atoms with Gasteiger partial charge >= 0.3 is 11.9 Å². The lowest BCUT2D eigenvalue weighted by molar-refractivity contribution is -0.315. The molecule has 2 aromatic rings. The normalized spacial score (nSPS) is 52.4. The van der Waals surface area contributed by atoms with Gasteiger partial charge in [-0.3, -0.25) is 14.9 Å². The summed E-state index contributed by atoms with van der Waals surface area (Å²) >= 11 is 0. The van der Waals surface area contributed by atoms with Crippen molar-refractivity contribution in [1.82, 2.24) is 10.2 Å². The number of ether oxygens (including phenoxy) is 4. The summed E-state index contributed by atoms with van der Waals surface area (Å²) in [4.78, 5) is 50.4. The first-order valence-electron chi connectivity index (χ1n) is 30.5. The summed E-state index contributed by atoms with van der Waals surface area (Å²) in [6.07, 6.45) is 16.8. The van der Waals surface area contributed by atoms with Crippen molar-refractivity contribution in [1.29, 1.82) is 0 Å². The Bertz CT molecular complexity index is 3070. The lowest BCUT2D eigenvalue weighted by atomic mass is 9.28. The fourth-order valence-corrected chi connectivity index (χ4v) is 24.3. The summed E-state index contributed by atoms with van der Waals surface area (Å²) < 4.78 is 36.3. The fourth-order valence-electron chi connectivity index (χ4n) is 24.3. The van der Waals surface area contributed by atoms with E-state index < -0.39 is 92.7 Å². The zero-order chi connectivity index (χ0) is 52.7. The molecule has 24 atom stereocenters. The highest BCUT2D eigenvalue weighted by molar-refractivity contribution is 5.94. The number of Topliss-reactive ketones (excluding diaryl/α,β-unsaturated/α-hetero) is 1. The SMILES string of the molecule is CC12CC=C3CC4CCCC45CC4CC6(C)C7(c8ccoc8CC(C(O)CO)C8CCC9C(C=CN%10CNCC9%10)C8)CC#CC8CCC(Cc9ccccc9)CC8C8(C(O)C(=O)C1C1(COC(=O)C5C31O2)C48)C61OC1C(=O)O7. The number of hydrogen-bond donors (Lipinski definition) is 4. The minimum Gasteiger partial charge on any atom is -0.469 e. The maximum Gasteiger partial charge on any atom is 0.339 e. The number of epoxide rings is 1. The number of hydrogen-bond acceptors (Lipinski definition) is 13. The van der Waals surface area contributed by atoms with E-state index in [0.717, 1.165) is 83.0 Å². The lowest BCUT2D eigenvalue weighted by Gasteiger charge is -2.74. The molecule has 7 aliphatic heterocycles. The molecule has 15 aliphatic rings. The van der Waals surface area contributed by atoms with Crippen LogP contribution >= 0.6 is 0 Å². The number of nitrogens with zero attached hydrogens (tertiary/aromatic N) is 1. The number of cyclic esters (lactones) is 1. The highest BCUT2D eigenvalue weighted by Crippen LogP contribution is 2.90. The van der Waals surface area contributed by atoms with E-state index in [0.29, 0.717) is 61.3 Å². The van der Waals surface area contributed by atoms with Crippen LogP contribution in [0.3, 0.4) is 0 Å². The molecular weight excluding hydrogens is 985 g/mol. The number of nitrogens with one attached hydrogen (secondary N) is 1. The monoisotopic (exact) mass is 1060 g/mol. The van der Waals surface area contributed by atoms with Crippen LogP contribution in [0.5, 0.6) is 0 Å². The van der Waals surface area contributed by atoms with Crippen LogP contribution in [0, 0.1) is 105 Å². The van der Waals surface area contributed by atoms with Crippen molar-refractivity contribution in [3.8, 4) is 11.8 Å². The molecule has 24 unspecified atom stereocenters. The summed E-state index contributed by atoms with van der Waals surface area (Å²) in [5.74, 6) is 5.64. The number of aliphatic hydroxyl groups is 3. The molecule has 17 rings (SSSR count). The molecule has 4 N–H and O–H groups in total. The van der Waals surface area contributed by atoms with Crippen molar-refractivity contribution in [3.05, 3.63) is 83.5 Å². The van der Waals surface area contributed by atoms with Crippen LogP contribution in [0.1, 0.15) is 121 Å². The van der Waals surface area contributed by atoms with Crippen LogP contribution in [-0.4, -0.2) is 106 Å². The van der Waals surface area contributed by atoms with E-state index in [1.54, 1.807) is 6.26 Å². The van der Waals surface area contributed by atoms with Gasteiger partial charge < -0.3 is 43.6 Å². The lowest BCUT2D eigenvalue weighted by Crippen LogP contribution is -2.83. The Balaban J connectivity index is 0.881.